The number of carbonyl (C=O) groups is 1. The third kappa shape index (κ3) is 4.77. The van der Waals surface area contributed by atoms with Gasteiger partial charge < -0.3 is 11.1 Å². The number of nitrogens with two attached hydrogens (primary N) is 1. The molecule has 3 N–H and O–H groups in total. The maximum atomic E-state index is 13.4. The number of amides is 1. The summed E-state index contributed by atoms with van der Waals surface area (Å²) in [5, 5.41) is 3.02. The fourth-order valence-corrected chi connectivity index (χ4v) is 2.08. The van der Waals surface area contributed by atoms with Gasteiger partial charge in [0, 0.05) is 17.0 Å². The summed E-state index contributed by atoms with van der Waals surface area (Å²) < 4.78 is 13.4. The zero-order valence-corrected chi connectivity index (χ0v) is 13.7. The molecule has 0 fully saturated rings. The molecule has 0 saturated carbocycles. The Morgan fingerprint density at radius 3 is 2.30 bits per heavy atom. The molecule has 0 heterocycles. The summed E-state index contributed by atoms with van der Waals surface area (Å²) in [7, 11) is 0. The van der Waals surface area contributed by atoms with E-state index in [4.69, 9.17) is 28.9 Å². The SMILES string of the molecule is CC(NC(=O)C(C)C(C)N)c1cc(F)c(Cl)cc1Cl.Cl. The lowest BCUT2D eigenvalue weighted by molar-refractivity contribution is -0.125. The highest BCUT2D eigenvalue weighted by Gasteiger charge is 2.21. The highest BCUT2D eigenvalue weighted by molar-refractivity contribution is 6.35. The van der Waals surface area contributed by atoms with Crippen molar-refractivity contribution in [3.05, 3.63) is 33.6 Å². The molecule has 3 unspecified atom stereocenters. The van der Waals surface area contributed by atoms with Gasteiger partial charge in [-0.2, -0.15) is 0 Å². The van der Waals surface area contributed by atoms with E-state index in [2.05, 4.69) is 5.32 Å². The lowest BCUT2D eigenvalue weighted by Gasteiger charge is -2.21. The molecule has 0 saturated heterocycles. The Balaban J connectivity index is 0.00000361. The molecular formula is C13H18Cl3FN2O. The highest BCUT2D eigenvalue weighted by Crippen LogP contribution is 2.28. The molecule has 0 bridgehead atoms. The molecule has 0 radical (unpaired) electrons. The largest absolute Gasteiger partial charge is 0.349 e. The van der Waals surface area contributed by atoms with Crippen LogP contribution in [0.2, 0.25) is 10.0 Å². The van der Waals surface area contributed by atoms with Crippen LogP contribution in [0.4, 0.5) is 4.39 Å². The van der Waals surface area contributed by atoms with Crippen molar-refractivity contribution in [2.45, 2.75) is 32.9 Å². The molecule has 20 heavy (non-hydrogen) atoms. The van der Waals surface area contributed by atoms with E-state index in [0.717, 1.165) is 0 Å². The van der Waals surface area contributed by atoms with Crippen LogP contribution >= 0.6 is 35.6 Å². The van der Waals surface area contributed by atoms with Crippen molar-refractivity contribution in [1.82, 2.24) is 5.32 Å². The van der Waals surface area contributed by atoms with E-state index >= 15 is 0 Å². The maximum absolute atomic E-state index is 13.4. The minimum Gasteiger partial charge on any atom is -0.349 e. The first-order valence-corrected chi connectivity index (χ1v) is 6.70. The van der Waals surface area contributed by atoms with Gasteiger partial charge in [0.2, 0.25) is 5.91 Å². The zero-order valence-electron chi connectivity index (χ0n) is 11.4. The van der Waals surface area contributed by atoms with Crippen LogP contribution < -0.4 is 11.1 Å². The smallest absolute Gasteiger partial charge is 0.224 e. The minimum atomic E-state index is -0.567. The predicted molar refractivity (Wildman–Crippen MR) is 83.0 cm³/mol. The molecule has 0 spiro atoms. The second kappa shape index (κ2) is 8.03. The molecule has 0 aromatic heterocycles. The summed E-state index contributed by atoms with van der Waals surface area (Å²) >= 11 is 11.6. The summed E-state index contributed by atoms with van der Waals surface area (Å²) in [5.74, 6) is -1.10. The average molecular weight is 344 g/mol. The van der Waals surface area contributed by atoms with Gasteiger partial charge in [-0.1, -0.05) is 30.1 Å². The highest BCUT2D eigenvalue weighted by atomic mass is 35.5. The topological polar surface area (TPSA) is 55.1 Å². The van der Waals surface area contributed by atoms with Gasteiger partial charge in [-0.25, -0.2) is 4.39 Å². The summed E-state index contributed by atoms with van der Waals surface area (Å²) in [6.45, 7) is 5.21. The number of rotatable bonds is 4. The number of carbonyl (C=O) groups excluding carboxylic acids is 1. The normalized spacial score (nSPS) is 14.9. The Labute approximate surface area is 134 Å². The van der Waals surface area contributed by atoms with Crippen LogP contribution in [0.25, 0.3) is 0 Å². The van der Waals surface area contributed by atoms with E-state index in [-0.39, 0.29) is 35.3 Å². The molecule has 3 atom stereocenters. The quantitative estimate of drug-likeness (QED) is 0.819. The van der Waals surface area contributed by atoms with Gasteiger partial charge in [0.15, 0.2) is 0 Å². The van der Waals surface area contributed by atoms with Crippen LogP contribution in [0.15, 0.2) is 12.1 Å². The van der Waals surface area contributed by atoms with Crippen molar-refractivity contribution in [2.24, 2.45) is 11.7 Å². The lowest BCUT2D eigenvalue weighted by Crippen LogP contribution is -2.39. The van der Waals surface area contributed by atoms with E-state index in [0.29, 0.717) is 10.6 Å². The third-order valence-corrected chi connectivity index (χ3v) is 3.68. The zero-order chi connectivity index (χ0) is 14.7. The first-order chi connectivity index (χ1) is 8.73. The first-order valence-electron chi connectivity index (χ1n) is 5.94. The van der Waals surface area contributed by atoms with Crippen molar-refractivity contribution >= 4 is 41.5 Å². The van der Waals surface area contributed by atoms with E-state index in [1.165, 1.54) is 12.1 Å². The van der Waals surface area contributed by atoms with Crippen molar-refractivity contribution in [2.75, 3.05) is 0 Å². The molecule has 114 valence electrons. The van der Waals surface area contributed by atoms with Crippen LogP contribution in [0.5, 0.6) is 0 Å². The summed E-state index contributed by atoms with van der Waals surface area (Å²) in [6, 6.07) is 1.87. The fourth-order valence-electron chi connectivity index (χ4n) is 1.53. The molecule has 0 aliphatic carbocycles. The predicted octanol–water partition coefficient (Wildman–Crippen LogP) is 3.71. The van der Waals surface area contributed by atoms with Crippen molar-refractivity contribution in [3.63, 3.8) is 0 Å². The number of nitrogens with one attached hydrogen (secondary N) is 1. The summed E-state index contributed by atoms with van der Waals surface area (Å²) in [6.07, 6.45) is 0. The fraction of sp³-hybridized carbons (Fsp3) is 0.462. The van der Waals surface area contributed by atoms with Crippen molar-refractivity contribution in [3.8, 4) is 0 Å². The number of hydrogen-bond acceptors (Lipinski definition) is 2. The number of halogens is 4. The lowest BCUT2D eigenvalue weighted by atomic mass is 10.0. The molecule has 0 aliphatic heterocycles. The Hall–Kier alpha value is -0.550. The summed E-state index contributed by atoms with van der Waals surface area (Å²) in [5.41, 5.74) is 6.14. The second-order valence-electron chi connectivity index (χ2n) is 4.67. The number of hydrogen-bond donors (Lipinski definition) is 2. The van der Waals surface area contributed by atoms with Crippen molar-refractivity contribution < 1.29 is 9.18 Å². The van der Waals surface area contributed by atoms with E-state index < -0.39 is 11.9 Å². The van der Waals surface area contributed by atoms with Gasteiger partial charge in [0.05, 0.1) is 11.1 Å². The molecule has 1 aromatic rings. The Morgan fingerprint density at radius 1 is 1.25 bits per heavy atom. The van der Waals surface area contributed by atoms with E-state index in [9.17, 15) is 9.18 Å². The second-order valence-corrected chi connectivity index (χ2v) is 5.48. The molecule has 0 aliphatic rings. The maximum Gasteiger partial charge on any atom is 0.224 e. The van der Waals surface area contributed by atoms with Crippen LogP contribution in [0, 0.1) is 11.7 Å². The third-order valence-electron chi connectivity index (χ3n) is 3.07. The van der Waals surface area contributed by atoms with Crippen molar-refractivity contribution in [1.29, 1.82) is 0 Å². The van der Waals surface area contributed by atoms with E-state index in [1.54, 1.807) is 20.8 Å². The molecular weight excluding hydrogens is 326 g/mol. The van der Waals surface area contributed by atoms with Gasteiger partial charge in [-0.05, 0) is 31.5 Å². The van der Waals surface area contributed by atoms with Crippen LogP contribution in [-0.2, 0) is 4.79 Å². The van der Waals surface area contributed by atoms with Crippen LogP contribution in [-0.4, -0.2) is 11.9 Å². The summed E-state index contributed by atoms with van der Waals surface area (Å²) in [4.78, 5) is 11.9. The van der Waals surface area contributed by atoms with Gasteiger partial charge in [-0.15, -0.1) is 12.4 Å². The average Bonchev–Trinajstić information content (AvgIpc) is 2.32. The monoisotopic (exact) mass is 342 g/mol. The molecule has 7 heteroatoms. The Bertz CT molecular complexity index is 483. The van der Waals surface area contributed by atoms with Gasteiger partial charge in [0.1, 0.15) is 5.82 Å². The van der Waals surface area contributed by atoms with Crippen LogP contribution in [0.3, 0.4) is 0 Å². The molecule has 1 rings (SSSR count). The van der Waals surface area contributed by atoms with E-state index in [1.807, 2.05) is 0 Å². The van der Waals surface area contributed by atoms with Gasteiger partial charge >= 0.3 is 0 Å². The van der Waals surface area contributed by atoms with Gasteiger partial charge in [-0.3, -0.25) is 4.79 Å². The Morgan fingerprint density at radius 2 is 1.80 bits per heavy atom. The first kappa shape index (κ1) is 19.4. The molecule has 3 nitrogen and oxygen atoms in total. The Kier molecular flexibility index (Phi) is 7.81. The molecule has 1 aromatic carbocycles. The van der Waals surface area contributed by atoms with Gasteiger partial charge in [0.25, 0.3) is 0 Å². The standard InChI is InChI=1S/C13H17Cl2FN2O.ClH/c1-6(7(2)17)13(19)18-8(3)9-4-12(16)11(15)5-10(9)14;/h4-8H,17H2,1-3H3,(H,18,19);1H. The number of benzene rings is 1. The van der Waals surface area contributed by atoms with Crippen LogP contribution in [0.1, 0.15) is 32.4 Å². The minimum absolute atomic E-state index is 0. The molecule has 1 amide bonds.